The van der Waals surface area contributed by atoms with Crippen molar-refractivity contribution in [1.29, 1.82) is 0 Å². The minimum Gasteiger partial charge on any atom is -0.467 e. The molecule has 4 aliphatic carbocycles. The second kappa shape index (κ2) is 122. The number of aromatic nitrogens is 10. The Hall–Kier alpha value is -10.9. The molecule has 0 unspecified atom stereocenters. The van der Waals surface area contributed by atoms with Crippen LogP contribution in [0.2, 0.25) is 0 Å². The molecule has 14 aromatic rings. The maximum Gasteiger partial charge on any atom is 0.189 e. The number of para-hydroxylation sites is 3. The number of ether oxygens (including phenoxy) is 3. The number of hydrogen-bond donors (Lipinski definition) is 0. The molecule has 13 heteroatoms. The van der Waals surface area contributed by atoms with E-state index in [2.05, 4.69) is 123 Å². The Morgan fingerprint density at radius 2 is 0.507 bits per heavy atom. The molecule has 13 nitrogen and oxygen atoms in total. The summed E-state index contributed by atoms with van der Waals surface area (Å²) in [5, 5.41) is 14.5. The Kier molecular flexibility index (Phi) is 131. The van der Waals surface area contributed by atoms with Gasteiger partial charge in [-0.25, -0.2) is 9.97 Å². The highest BCUT2D eigenvalue weighted by Gasteiger charge is 2.12. The zero-order chi connectivity index (χ0) is 107. The van der Waals surface area contributed by atoms with Gasteiger partial charge in [0.05, 0.1) is 43.2 Å². The molecular formula is C125H204N10O3. The summed E-state index contributed by atoms with van der Waals surface area (Å²) in [6.07, 6.45) is 42.8. The lowest BCUT2D eigenvalue weighted by Crippen LogP contribution is -2.10. The lowest BCUT2D eigenvalue weighted by atomic mass is 9.94. The molecule has 0 saturated carbocycles. The van der Waals surface area contributed by atoms with Gasteiger partial charge in [-0.05, 0) is 206 Å². The third-order valence-corrected chi connectivity index (χ3v) is 17.3. The van der Waals surface area contributed by atoms with Gasteiger partial charge in [0, 0.05) is 100 Å². The van der Waals surface area contributed by atoms with Crippen LogP contribution in [0.4, 0.5) is 0 Å². The van der Waals surface area contributed by atoms with Gasteiger partial charge in [-0.3, -0.25) is 29.9 Å². The molecule has 20 rings (SSSR count). The Balaban J connectivity index is -0.000000158. The number of pyridine rings is 6. The van der Waals surface area contributed by atoms with E-state index in [0.717, 1.165) is 58.1 Å². The van der Waals surface area contributed by atoms with Crippen LogP contribution >= 0.6 is 0 Å². The lowest BCUT2D eigenvalue weighted by molar-refractivity contribution is -0.0163. The smallest absolute Gasteiger partial charge is 0.189 e. The maximum atomic E-state index is 5.30. The van der Waals surface area contributed by atoms with E-state index in [4.69, 9.17) is 14.2 Å². The number of nitrogens with zero attached hydrogens (tertiary/aromatic N) is 10. The predicted molar refractivity (Wildman–Crippen MR) is 620 cm³/mol. The number of fused-ring (bicyclic) bond motifs is 10. The summed E-state index contributed by atoms with van der Waals surface area (Å²) in [6, 6.07) is 67.3. The fourth-order valence-corrected chi connectivity index (χ4v) is 12.1. The summed E-state index contributed by atoms with van der Waals surface area (Å²) in [5.74, 6) is 0.953. The molecule has 6 aliphatic rings. The van der Waals surface area contributed by atoms with E-state index >= 15 is 0 Å². The zero-order valence-corrected chi connectivity index (χ0v) is 95.7. The standard InChI is InChI=1S/C9H11N.C9H7N.C9H11N.C9H7N.C9H10O.2C8H6N2.2C8H9N.C8H8O2.20C2H6/c2*1-2-6-9-8(4-1)5-3-7-10-9;3*1-2-4-9-7-10-6-5-8(9)3-1;1-2-4-8-7(3-1)5-9-6-10-8;1-2-4-8-6-10-9-5-7(8)3-1;1-3-7-4-2-6-9-8(7)5-1;1-2-7-4-5-9-6-8(7)3-1;1-2-4-8-7(3-1)5-9-6-10-8;20*1-2/h3,5,7H,1-2,4,6H2;1-7H;5-7H,1-4H2;1-7H;1-4H,5-7H2;2*1-6H;2,4,6H,1,3,5H2;4-6H,1-3H2;1-4H,5-6H2;20*1-2H3. The third kappa shape index (κ3) is 69.0. The molecule has 0 fully saturated rings. The van der Waals surface area contributed by atoms with Crippen molar-refractivity contribution in [2.24, 2.45) is 0 Å². The molecule has 2 aliphatic heterocycles. The van der Waals surface area contributed by atoms with Crippen LogP contribution in [0, 0.1) is 0 Å². The van der Waals surface area contributed by atoms with Crippen LogP contribution in [0.15, 0.2) is 281 Å². The van der Waals surface area contributed by atoms with Gasteiger partial charge in [0.1, 0.15) is 12.1 Å². The number of rotatable bonds is 0. The Morgan fingerprint density at radius 3 is 0.964 bits per heavy atom. The average Bonchev–Trinajstić information content (AvgIpc) is 1.47. The number of aryl methyl sites for hydroxylation is 8. The monoisotopic (exact) mass is 1890 g/mol. The Morgan fingerprint density at radius 1 is 0.196 bits per heavy atom. The van der Waals surface area contributed by atoms with Crippen LogP contribution in [0.3, 0.4) is 0 Å². The molecule has 0 spiro atoms. The topological polar surface area (TPSA) is 157 Å². The van der Waals surface area contributed by atoms with Gasteiger partial charge >= 0.3 is 0 Å². The Labute approximate surface area is 850 Å². The van der Waals surface area contributed by atoms with Crippen LogP contribution in [-0.2, 0) is 80.5 Å². The average molecular weight is 1900 g/mol. The highest BCUT2D eigenvalue weighted by molar-refractivity contribution is 5.81. The van der Waals surface area contributed by atoms with Gasteiger partial charge in [-0.15, -0.1) is 0 Å². The van der Waals surface area contributed by atoms with Crippen molar-refractivity contribution in [2.45, 2.75) is 386 Å². The fourth-order valence-electron chi connectivity index (χ4n) is 12.1. The van der Waals surface area contributed by atoms with E-state index in [1.54, 1.807) is 18.7 Å². The van der Waals surface area contributed by atoms with Crippen molar-refractivity contribution in [3.63, 3.8) is 0 Å². The van der Waals surface area contributed by atoms with Gasteiger partial charge in [0.25, 0.3) is 0 Å². The highest BCUT2D eigenvalue weighted by Crippen LogP contribution is 2.24. The first-order valence-electron chi connectivity index (χ1n) is 54.2. The van der Waals surface area contributed by atoms with E-state index < -0.39 is 0 Å². The molecule has 8 aromatic heterocycles. The van der Waals surface area contributed by atoms with Crippen LogP contribution in [-0.4, -0.2) is 63.5 Å². The lowest BCUT2D eigenvalue weighted by Gasteiger charge is -2.16. The van der Waals surface area contributed by atoms with Crippen molar-refractivity contribution in [1.82, 2.24) is 50.1 Å². The first-order chi connectivity index (χ1) is 68.7. The van der Waals surface area contributed by atoms with Crippen LogP contribution in [0.1, 0.15) is 377 Å². The summed E-state index contributed by atoms with van der Waals surface area (Å²) < 4.78 is 15.6. The molecule has 138 heavy (non-hydrogen) atoms. The maximum absolute atomic E-state index is 5.30. The van der Waals surface area contributed by atoms with Gasteiger partial charge in [-0.1, -0.05) is 423 Å². The normalized spacial score (nSPS) is 10.5. The summed E-state index contributed by atoms with van der Waals surface area (Å²) in [5.41, 5.74) is 17.5. The van der Waals surface area contributed by atoms with Crippen molar-refractivity contribution in [3.8, 4) is 5.75 Å². The van der Waals surface area contributed by atoms with Gasteiger partial charge < -0.3 is 14.2 Å². The molecule has 0 amide bonds. The van der Waals surface area contributed by atoms with Crippen molar-refractivity contribution in [3.05, 3.63) is 342 Å². The molecule has 10 heterocycles. The van der Waals surface area contributed by atoms with Crippen molar-refractivity contribution < 1.29 is 14.2 Å². The fraction of sp³-hybridized carbons (Fsp3) is 0.472. The van der Waals surface area contributed by atoms with Gasteiger partial charge in [0.15, 0.2) is 6.79 Å². The molecule has 6 aromatic carbocycles. The van der Waals surface area contributed by atoms with E-state index in [1.807, 2.05) is 466 Å². The molecule has 0 bridgehead atoms. The SMILES string of the molecule is CC.CC.CC.CC.CC.CC.CC.CC.CC.CC.CC.CC.CC.CC.CC.CC.CC.CC.CC.CC.c1cc2c(cn1)CCC2.c1cc2c(cn1)CCCC2.c1ccc2c(c1)CCOC2.c1ccc2c(c1)COCO2.c1ccc2cnccc2c1.c1ccc2cnncc2c1.c1ccc2ncccc2c1.c1ccc2ncncc2c1.c1cnc2c(c1)CCC2.c1cnc2c(c1)CCCC2. The minimum atomic E-state index is 0.386. The first kappa shape index (κ1) is 147. The zero-order valence-electron chi connectivity index (χ0n) is 95.7. The largest absolute Gasteiger partial charge is 0.467 e. The van der Waals surface area contributed by atoms with E-state index in [0.29, 0.717) is 13.4 Å². The molecule has 0 atom stereocenters. The summed E-state index contributed by atoms with van der Waals surface area (Å²) in [4.78, 5) is 32.9. The quantitative estimate of drug-likeness (QED) is 0.141. The highest BCUT2D eigenvalue weighted by atomic mass is 16.7. The van der Waals surface area contributed by atoms with Crippen molar-refractivity contribution >= 4 is 43.4 Å². The van der Waals surface area contributed by atoms with Crippen LogP contribution < -0.4 is 4.74 Å². The van der Waals surface area contributed by atoms with E-state index in [9.17, 15) is 0 Å². The van der Waals surface area contributed by atoms with Gasteiger partial charge in [0.2, 0.25) is 0 Å². The molecule has 0 saturated heterocycles. The minimum absolute atomic E-state index is 0.386. The number of hydrogen-bond acceptors (Lipinski definition) is 13. The summed E-state index contributed by atoms with van der Waals surface area (Å²) in [7, 11) is 0. The second-order valence-corrected chi connectivity index (χ2v) is 24.0. The van der Waals surface area contributed by atoms with Gasteiger partial charge in [-0.2, -0.15) is 10.2 Å². The first-order valence-corrected chi connectivity index (χ1v) is 54.2. The van der Waals surface area contributed by atoms with Crippen LogP contribution in [0.5, 0.6) is 5.75 Å². The van der Waals surface area contributed by atoms with Crippen LogP contribution in [0.25, 0.3) is 43.4 Å². The molecule has 772 valence electrons. The summed E-state index contributed by atoms with van der Waals surface area (Å²) >= 11 is 0. The predicted octanol–water partition coefficient (Wildman–Crippen LogP) is 38.6. The van der Waals surface area contributed by atoms with E-state index in [1.165, 1.54) is 162 Å². The van der Waals surface area contributed by atoms with E-state index in [-0.39, 0.29) is 0 Å². The number of benzene rings is 6. The second-order valence-electron chi connectivity index (χ2n) is 24.0. The van der Waals surface area contributed by atoms with Crippen molar-refractivity contribution in [2.75, 3.05) is 13.4 Å². The molecule has 0 N–H and O–H groups in total. The Bertz CT molecular complexity index is 3740. The summed E-state index contributed by atoms with van der Waals surface area (Å²) in [6.45, 7) is 82.8. The third-order valence-electron chi connectivity index (χ3n) is 17.3. The molecule has 0 radical (unpaired) electrons. The molecular weight excluding hydrogens is 1690 g/mol.